The molecule has 1 aliphatic rings. The van der Waals surface area contributed by atoms with Crippen molar-refractivity contribution in [3.8, 4) is 0 Å². The van der Waals surface area contributed by atoms with Crippen LogP contribution in [0, 0.1) is 11.7 Å². The average Bonchev–Trinajstić information content (AvgIpc) is 3.22. The summed E-state index contributed by atoms with van der Waals surface area (Å²) in [5.41, 5.74) is 1.21. The monoisotopic (exact) mass is 279 g/mol. The zero-order valence-corrected chi connectivity index (χ0v) is 12.6. The SMILES string of the molecule is CC(C)OCCC(CNC1CC1)Cc1ccc(F)cc1. The topological polar surface area (TPSA) is 21.3 Å². The van der Waals surface area contributed by atoms with Gasteiger partial charge in [-0.3, -0.25) is 0 Å². The van der Waals surface area contributed by atoms with Gasteiger partial charge in [0.15, 0.2) is 0 Å². The van der Waals surface area contributed by atoms with Crippen LogP contribution in [0.25, 0.3) is 0 Å². The molecular weight excluding hydrogens is 253 g/mol. The van der Waals surface area contributed by atoms with Gasteiger partial charge >= 0.3 is 0 Å². The molecule has 0 radical (unpaired) electrons. The summed E-state index contributed by atoms with van der Waals surface area (Å²) in [5, 5.41) is 3.60. The highest BCUT2D eigenvalue weighted by molar-refractivity contribution is 5.16. The smallest absolute Gasteiger partial charge is 0.123 e. The molecule has 0 spiro atoms. The van der Waals surface area contributed by atoms with Gasteiger partial charge in [-0.15, -0.1) is 0 Å². The Labute approximate surface area is 121 Å². The Hall–Kier alpha value is -0.930. The van der Waals surface area contributed by atoms with Gasteiger partial charge in [-0.1, -0.05) is 12.1 Å². The van der Waals surface area contributed by atoms with Crippen molar-refractivity contribution in [3.63, 3.8) is 0 Å². The lowest BCUT2D eigenvalue weighted by molar-refractivity contribution is 0.0682. The third-order valence-corrected chi connectivity index (χ3v) is 3.69. The fourth-order valence-electron chi connectivity index (χ4n) is 2.32. The molecule has 0 bridgehead atoms. The molecule has 1 aliphatic carbocycles. The third kappa shape index (κ3) is 6.02. The van der Waals surface area contributed by atoms with Crippen molar-refractivity contribution in [1.29, 1.82) is 0 Å². The van der Waals surface area contributed by atoms with Crippen LogP contribution in [0.15, 0.2) is 24.3 Å². The maximum absolute atomic E-state index is 12.9. The van der Waals surface area contributed by atoms with Crippen molar-refractivity contribution in [2.45, 2.75) is 51.7 Å². The van der Waals surface area contributed by atoms with E-state index in [1.807, 2.05) is 12.1 Å². The summed E-state index contributed by atoms with van der Waals surface area (Å²) >= 11 is 0. The fraction of sp³-hybridized carbons (Fsp3) is 0.647. The zero-order chi connectivity index (χ0) is 14.4. The van der Waals surface area contributed by atoms with Gasteiger partial charge in [0.1, 0.15) is 5.82 Å². The first kappa shape index (κ1) is 15.5. The zero-order valence-electron chi connectivity index (χ0n) is 12.6. The van der Waals surface area contributed by atoms with Crippen LogP contribution in [-0.4, -0.2) is 25.3 Å². The van der Waals surface area contributed by atoms with Crippen LogP contribution in [-0.2, 0) is 11.2 Å². The predicted octanol–water partition coefficient (Wildman–Crippen LogP) is 3.55. The van der Waals surface area contributed by atoms with Crippen LogP contribution in [0.3, 0.4) is 0 Å². The van der Waals surface area contributed by atoms with E-state index in [2.05, 4.69) is 19.2 Å². The summed E-state index contributed by atoms with van der Waals surface area (Å²) in [7, 11) is 0. The Kier molecular flexibility index (Phi) is 5.99. The molecular formula is C17H26FNO. The quantitative estimate of drug-likeness (QED) is 0.746. The molecule has 2 nitrogen and oxygen atoms in total. The largest absolute Gasteiger partial charge is 0.379 e. The van der Waals surface area contributed by atoms with E-state index in [-0.39, 0.29) is 11.9 Å². The van der Waals surface area contributed by atoms with E-state index < -0.39 is 0 Å². The molecule has 0 amide bonds. The molecule has 3 heteroatoms. The normalized spacial score (nSPS) is 16.6. The highest BCUT2D eigenvalue weighted by atomic mass is 19.1. The van der Waals surface area contributed by atoms with Crippen molar-refractivity contribution < 1.29 is 9.13 Å². The Morgan fingerprint density at radius 2 is 1.95 bits per heavy atom. The van der Waals surface area contributed by atoms with E-state index in [9.17, 15) is 4.39 Å². The predicted molar refractivity (Wildman–Crippen MR) is 80.3 cm³/mol. The molecule has 2 rings (SSSR count). The van der Waals surface area contributed by atoms with E-state index in [0.717, 1.165) is 32.0 Å². The van der Waals surface area contributed by atoms with Crippen molar-refractivity contribution in [2.75, 3.05) is 13.2 Å². The minimum absolute atomic E-state index is 0.162. The first-order chi connectivity index (χ1) is 9.63. The molecule has 112 valence electrons. The molecule has 1 aromatic carbocycles. The standard InChI is InChI=1S/C17H26FNO/c1-13(2)20-10-9-15(12-19-17-7-8-17)11-14-3-5-16(18)6-4-14/h3-6,13,15,17,19H,7-12H2,1-2H3. The number of benzene rings is 1. The highest BCUT2D eigenvalue weighted by Crippen LogP contribution is 2.20. The molecule has 1 fully saturated rings. The second-order valence-corrected chi connectivity index (χ2v) is 6.09. The number of nitrogens with one attached hydrogen (secondary N) is 1. The van der Waals surface area contributed by atoms with Crippen molar-refractivity contribution in [3.05, 3.63) is 35.6 Å². The van der Waals surface area contributed by atoms with Gasteiger partial charge in [0.25, 0.3) is 0 Å². The second-order valence-electron chi connectivity index (χ2n) is 6.09. The van der Waals surface area contributed by atoms with E-state index in [4.69, 9.17) is 4.74 Å². The van der Waals surface area contributed by atoms with Crippen LogP contribution < -0.4 is 5.32 Å². The first-order valence-electron chi connectivity index (χ1n) is 7.73. The molecule has 1 saturated carbocycles. The molecule has 20 heavy (non-hydrogen) atoms. The second kappa shape index (κ2) is 7.75. The molecule has 0 aromatic heterocycles. The van der Waals surface area contributed by atoms with E-state index in [1.165, 1.54) is 18.4 Å². The van der Waals surface area contributed by atoms with E-state index in [1.54, 1.807) is 12.1 Å². The van der Waals surface area contributed by atoms with Crippen LogP contribution in [0.4, 0.5) is 4.39 Å². The van der Waals surface area contributed by atoms with Gasteiger partial charge in [0.05, 0.1) is 6.10 Å². The molecule has 0 aliphatic heterocycles. The van der Waals surface area contributed by atoms with Crippen LogP contribution >= 0.6 is 0 Å². The molecule has 1 aromatic rings. The lowest BCUT2D eigenvalue weighted by Gasteiger charge is -2.18. The number of rotatable bonds is 9. The van der Waals surface area contributed by atoms with E-state index >= 15 is 0 Å². The van der Waals surface area contributed by atoms with Crippen molar-refractivity contribution in [2.24, 2.45) is 5.92 Å². The molecule has 1 atom stereocenters. The lowest BCUT2D eigenvalue weighted by atomic mass is 9.96. The first-order valence-corrected chi connectivity index (χ1v) is 7.73. The molecule has 1 N–H and O–H groups in total. The van der Waals surface area contributed by atoms with Crippen molar-refractivity contribution >= 4 is 0 Å². The summed E-state index contributed by atoms with van der Waals surface area (Å²) in [6, 6.07) is 7.61. The van der Waals surface area contributed by atoms with Gasteiger partial charge < -0.3 is 10.1 Å². The third-order valence-electron chi connectivity index (χ3n) is 3.69. The number of halogens is 1. The fourth-order valence-corrected chi connectivity index (χ4v) is 2.32. The molecule has 0 saturated heterocycles. The molecule has 0 heterocycles. The summed E-state index contributed by atoms with van der Waals surface area (Å²) in [5.74, 6) is 0.393. The summed E-state index contributed by atoms with van der Waals surface area (Å²) in [6.45, 7) is 5.97. The maximum Gasteiger partial charge on any atom is 0.123 e. The minimum atomic E-state index is -0.162. The Bertz CT molecular complexity index is 386. The van der Waals surface area contributed by atoms with Crippen LogP contribution in [0.5, 0.6) is 0 Å². The Morgan fingerprint density at radius 3 is 2.55 bits per heavy atom. The summed E-state index contributed by atoms with van der Waals surface area (Å²) < 4.78 is 18.6. The maximum atomic E-state index is 12.9. The average molecular weight is 279 g/mol. The Morgan fingerprint density at radius 1 is 1.25 bits per heavy atom. The summed E-state index contributed by atoms with van der Waals surface area (Å²) in [4.78, 5) is 0. The number of ether oxygens (including phenoxy) is 1. The van der Waals surface area contributed by atoms with Gasteiger partial charge in [-0.25, -0.2) is 4.39 Å². The Balaban J connectivity index is 1.81. The molecule has 1 unspecified atom stereocenters. The summed E-state index contributed by atoms with van der Waals surface area (Å²) in [6.07, 6.45) is 4.95. The number of hydrogen-bond acceptors (Lipinski definition) is 2. The highest BCUT2D eigenvalue weighted by Gasteiger charge is 2.22. The van der Waals surface area contributed by atoms with Crippen LogP contribution in [0.1, 0.15) is 38.7 Å². The van der Waals surface area contributed by atoms with Gasteiger partial charge in [0, 0.05) is 12.6 Å². The van der Waals surface area contributed by atoms with Gasteiger partial charge in [-0.2, -0.15) is 0 Å². The van der Waals surface area contributed by atoms with E-state index in [0.29, 0.717) is 5.92 Å². The number of hydrogen-bond donors (Lipinski definition) is 1. The van der Waals surface area contributed by atoms with Gasteiger partial charge in [-0.05, 0) is 69.7 Å². The van der Waals surface area contributed by atoms with Crippen molar-refractivity contribution in [1.82, 2.24) is 5.32 Å². The lowest BCUT2D eigenvalue weighted by Crippen LogP contribution is -2.27. The van der Waals surface area contributed by atoms with Gasteiger partial charge in [0.2, 0.25) is 0 Å². The minimum Gasteiger partial charge on any atom is -0.379 e. The van der Waals surface area contributed by atoms with Crippen LogP contribution in [0.2, 0.25) is 0 Å².